The van der Waals surface area contributed by atoms with Crippen LogP contribution in [0.3, 0.4) is 0 Å². The topological polar surface area (TPSA) is 84.2 Å². The SMILES string of the molecule is O=C(NCc1ccc(F)cc1)c1nc2ccccc2c(=O)n1O. The van der Waals surface area contributed by atoms with Crippen molar-refractivity contribution >= 4 is 16.8 Å². The Bertz CT molecular complexity index is 935. The van der Waals surface area contributed by atoms with Crippen molar-refractivity contribution in [3.8, 4) is 0 Å². The van der Waals surface area contributed by atoms with Gasteiger partial charge >= 0.3 is 0 Å². The Morgan fingerprint density at radius 3 is 2.61 bits per heavy atom. The first-order chi connectivity index (χ1) is 11.1. The highest BCUT2D eigenvalue weighted by atomic mass is 19.1. The monoisotopic (exact) mass is 313 g/mol. The van der Waals surface area contributed by atoms with E-state index in [-0.39, 0.29) is 22.5 Å². The standard InChI is InChI=1S/C16H12FN3O3/c17-11-7-5-10(6-8-11)9-18-15(21)14-19-13-4-2-1-3-12(13)16(22)20(14)23/h1-8,23H,9H2,(H,18,21). The van der Waals surface area contributed by atoms with Crippen LogP contribution in [0.4, 0.5) is 4.39 Å². The molecule has 0 aliphatic heterocycles. The van der Waals surface area contributed by atoms with Crippen LogP contribution in [-0.2, 0) is 6.54 Å². The van der Waals surface area contributed by atoms with E-state index in [0.717, 1.165) is 0 Å². The summed E-state index contributed by atoms with van der Waals surface area (Å²) in [6, 6.07) is 12.0. The fourth-order valence-electron chi connectivity index (χ4n) is 2.13. The Balaban J connectivity index is 1.87. The number of carbonyl (C=O) groups is 1. The van der Waals surface area contributed by atoms with Crippen LogP contribution in [0, 0.1) is 5.82 Å². The molecule has 116 valence electrons. The predicted molar refractivity (Wildman–Crippen MR) is 80.8 cm³/mol. The molecule has 1 aromatic heterocycles. The van der Waals surface area contributed by atoms with Gasteiger partial charge in [-0.15, -0.1) is 4.73 Å². The van der Waals surface area contributed by atoms with Gasteiger partial charge in [0.25, 0.3) is 11.5 Å². The van der Waals surface area contributed by atoms with E-state index in [1.54, 1.807) is 18.2 Å². The molecule has 0 aliphatic rings. The van der Waals surface area contributed by atoms with Crippen molar-refractivity contribution < 1.29 is 14.4 Å². The van der Waals surface area contributed by atoms with Crippen molar-refractivity contribution in [3.63, 3.8) is 0 Å². The average molecular weight is 313 g/mol. The van der Waals surface area contributed by atoms with Gasteiger partial charge in [-0.25, -0.2) is 9.37 Å². The van der Waals surface area contributed by atoms with Crippen molar-refractivity contribution in [3.05, 3.63) is 76.1 Å². The Labute approximate surface area is 129 Å². The molecule has 0 saturated carbocycles. The van der Waals surface area contributed by atoms with Gasteiger partial charge in [-0.1, -0.05) is 24.3 Å². The van der Waals surface area contributed by atoms with Crippen molar-refractivity contribution in [1.82, 2.24) is 15.0 Å². The lowest BCUT2D eigenvalue weighted by Gasteiger charge is -2.08. The van der Waals surface area contributed by atoms with E-state index < -0.39 is 17.3 Å². The maximum absolute atomic E-state index is 12.8. The molecule has 23 heavy (non-hydrogen) atoms. The maximum Gasteiger partial charge on any atom is 0.294 e. The molecular weight excluding hydrogens is 301 g/mol. The van der Waals surface area contributed by atoms with Crippen LogP contribution in [0.1, 0.15) is 16.2 Å². The summed E-state index contributed by atoms with van der Waals surface area (Å²) in [5, 5.41) is 12.6. The fourth-order valence-corrected chi connectivity index (χ4v) is 2.13. The molecule has 6 nitrogen and oxygen atoms in total. The number of rotatable bonds is 3. The zero-order valence-corrected chi connectivity index (χ0v) is 11.9. The first kappa shape index (κ1) is 14.7. The summed E-state index contributed by atoms with van der Waals surface area (Å²) < 4.78 is 13.1. The van der Waals surface area contributed by atoms with E-state index in [1.807, 2.05) is 0 Å². The number of hydrogen-bond donors (Lipinski definition) is 2. The number of nitrogens with zero attached hydrogens (tertiary/aromatic N) is 2. The van der Waals surface area contributed by atoms with E-state index in [2.05, 4.69) is 10.3 Å². The van der Waals surface area contributed by atoms with Crippen LogP contribution in [0.25, 0.3) is 10.9 Å². The summed E-state index contributed by atoms with van der Waals surface area (Å²) in [6.45, 7) is 0.113. The highest BCUT2D eigenvalue weighted by Crippen LogP contribution is 2.07. The van der Waals surface area contributed by atoms with E-state index in [4.69, 9.17) is 0 Å². The Kier molecular flexibility index (Phi) is 3.76. The Hall–Kier alpha value is -3.22. The highest BCUT2D eigenvalue weighted by Gasteiger charge is 2.16. The van der Waals surface area contributed by atoms with Gasteiger partial charge in [0.15, 0.2) is 0 Å². The zero-order valence-electron chi connectivity index (χ0n) is 11.9. The van der Waals surface area contributed by atoms with Gasteiger partial charge in [-0.3, -0.25) is 9.59 Å². The van der Waals surface area contributed by atoms with Gasteiger partial charge < -0.3 is 10.5 Å². The first-order valence-corrected chi connectivity index (χ1v) is 6.80. The lowest BCUT2D eigenvalue weighted by molar-refractivity contribution is 0.0878. The van der Waals surface area contributed by atoms with Crippen molar-refractivity contribution in [2.24, 2.45) is 0 Å². The summed E-state index contributed by atoms with van der Waals surface area (Å²) in [5.74, 6) is -1.49. The second-order valence-corrected chi connectivity index (χ2v) is 4.88. The molecule has 0 aliphatic carbocycles. The summed E-state index contributed by atoms with van der Waals surface area (Å²) >= 11 is 0. The molecule has 0 saturated heterocycles. The summed E-state index contributed by atoms with van der Waals surface area (Å²) in [4.78, 5) is 28.2. The smallest absolute Gasteiger partial charge is 0.294 e. The third-order valence-corrected chi connectivity index (χ3v) is 3.32. The second kappa shape index (κ2) is 5.88. The van der Waals surface area contributed by atoms with Crippen LogP contribution in [0.2, 0.25) is 0 Å². The third kappa shape index (κ3) is 2.89. The predicted octanol–water partition coefficient (Wildman–Crippen LogP) is 1.70. The molecule has 0 bridgehead atoms. The highest BCUT2D eigenvalue weighted by molar-refractivity contribution is 5.92. The molecule has 0 spiro atoms. The molecule has 3 rings (SSSR count). The molecule has 0 radical (unpaired) electrons. The molecule has 2 N–H and O–H groups in total. The molecule has 0 unspecified atom stereocenters. The Morgan fingerprint density at radius 2 is 1.87 bits per heavy atom. The average Bonchev–Trinajstić information content (AvgIpc) is 2.57. The van der Waals surface area contributed by atoms with Crippen molar-refractivity contribution in [1.29, 1.82) is 0 Å². The van der Waals surface area contributed by atoms with E-state index in [9.17, 15) is 19.2 Å². The quantitative estimate of drug-likeness (QED) is 0.721. The van der Waals surface area contributed by atoms with Crippen LogP contribution in [-0.4, -0.2) is 20.8 Å². The van der Waals surface area contributed by atoms with Crippen LogP contribution in [0.5, 0.6) is 0 Å². The molecule has 3 aromatic rings. The molecule has 1 amide bonds. The third-order valence-electron chi connectivity index (χ3n) is 3.32. The minimum atomic E-state index is -0.720. The number of para-hydroxylation sites is 1. The molecule has 2 aromatic carbocycles. The van der Waals surface area contributed by atoms with E-state index in [0.29, 0.717) is 11.1 Å². The zero-order chi connectivity index (χ0) is 16.4. The number of benzene rings is 2. The van der Waals surface area contributed by atoms with Gasteiger partial charge in [0.1, 0.15) is 5.82 Å². The molecule has 0 atom stereocenters. The number of fused-ring (bicyclic) bond motifs is 1. The minimum Gasteiger partial charge on any atom is -0.423 e. The van der Waals surface area contributed by atoms with Gasteiger partial charge in [0, 0.05) is 6.54 Å². The van der Waals surface area contributed by atoms with Crippen LogP contribution >= 0.6 is 0 Å². The number of amides is 1. The Morgan fingerprint density at radius 1 is 1.17 bits per heavy atom. The number of carbonyl (C=O) groups excluding carboxylic acids is 1. The van der Waals surface area contributed by atoms with Crippen LogP contribution in [0.15, 0.2) is 53.3 Å². The number of nitrogens with one attached hydrogen (secondary N) is 1. The van der Waals surface area contributed by atoms with E-state index >= 15 is 0 Å². The van der Waals surface area contributed by atoms with Crippen molar-refractivity contribution in [2.45, 2.75) is 6.54 Å². The first-order valence-electron chi connectivity index (χ1n) is 6.80. The molecule has 7 heteroatoms. The summed E-state index contributed by atoms with van der Waals surface area (Å²) in [5.41, 5.74) is 0.268. The van der Waals surface area contributed by atoms with Gasteiger partial charge in [-0.05, 0) is 29.8 Å². The second-order valence-electron chi connectivity index (χ2n) is 4.88. The minimum absolute atomic E-state index is 0.113. The molecule has 0 fully saturated rings. The van der Waals surface area contributed by atoms with Crippen LogP contribution < -0.4 is 10.9 Å². The molecule has 1 heterocycles. The fraction of sp³-hybridized carbons (Fsp3) is 0.0625. The molecular formula is C16H12FN3O3. The van der Waals surface area contributed by atoms with Crippen molar-refractivity contribution in [2.75, 3.05) is 0 Å². The lowest BCUT2D eigenvalue weighted by atomic mass is 10.2. The lowest BCUT2D eigenvalue weighted by Crippen LogP contribution is -2.32. The van der Waals surface area contributed by atoms with Gasteiger partial charge in [0.05, 0.1) is 10.9 Å². The number of aromatic nitrogens is 2. The summed E-state index contributed by atoms with van der Waals surface area (Å²) in [7, 11) is 0. The summed E-state index contributed by atoms with van der Waals surface area (Å²) in [6.07, 6.45) is 0. The normalized spacial score (nSPS) is 10.7. The van der Waals surface area contributed by atoms with E-state index in [1.165, 1.54) is 30.3 Å². The maximum atomic E-state index is 12.8. The largest absolute Gasteiger partial charge is 0.423 e. The number of halogens is 1. The van der Waals surface area contributed by atoms with Gasteiger partial charge in [0.2, 0.25) is 5.82 Å². The van der Waals surface area contributed by atoms with Gasteiger partial charge in [-0.2, -0.15) is 0 Å². The number of hydrogen-bond acceptors (Lipinski definition) is 4.